The van der Waals surface area contributed by atoms with Gasteiger partial charge in [-0.15, -0.1) is 0 Å². The average molecular weight is 214 g/mol. The second kappa shape index (κ2) is 5.02. The minimum Gasteiger partial charge on any atom is -0.496 e. The highest BCUT2D eigenvalue weighted by Crippen LogP contribution is 2.11. The Labute approximate surface area is 96.8 Å². The third kappa shape index (κ3) is 2.35. The molecule has 1 aliphatic rings. The molecule has 1 heteroatoms. The third-order valence-corrected chi connectivity index (χ3v) is 2.96. The molecule has 0 saturated carbocycles. The molecule has 0 fully saturated rings. The van der Waals surface area contributed by atoms with Gasteiger partial charge in [0, 0.05) is 5.22 Å². The molecule has 84 valence electrons. The Hall–Kier alpha value is -1.50. The summed E-state index contributed by atoms with van der Waals surface area (Å²) in [6.45, 7) is 2.17. The Morgan fingerprint density at radius 3 is 2.81 bits per heavy atom. The summed E-state index contributed by atoms with van der Waals surface area (Å²) in [5, 5.41) is 2.48. The Morgan fingerprint density at radius 1 is 1.19 bits per heavy atom. The van der Waals surface area contributed by atoms with Gasteiger partial charge in [-0.2, -0.15) is 0 Å². The summed E-state index contributed by atoms with van der Waals surface area (Å²) >= 11 is 0. The maximum atomic E-state index is 5.50. The Balaban J connectivity index is 2.74. The van der Waals surface area contributed by atoms with Crippen molar-refractivity contribution < 1.29 is 4.74 Å². The molecule has 2 rings (SSSR count). The van der Waals surface area contributed by atoms with Crippen molar-refractivity contribution in [2.45, 2.75) is 26.2 Å². The first-order chi connectivity index (χ1) is 7.81. The van der Waals surface area contributed by atoms with E-state index in [1.54, 1.807) is 7.11 Å². The number of rotatable bonds is 1. The predicted molar refractivity (Wildman–Crippen MR) is 68.2 cm³/mol. The van der Waals surface area contributed by atoms with Gasteiger partial charge < -0.3 is 4.74 Å². The van der Waals surface area contributed by atoms with Crippen LogP contribution in [0.1, 0.15) is 26.2 Å². The largest absolute Gasteiger partial charge is 0.496 e. The summed E-state index contributed by atoms with van der Waals surface area (Å²) in [6, 6.07) is 8.42. The molecule has 0 amide bonds. The minimum atomic E-state index is 0.978. The maximum absolute atomic E-state index is 5.50. The van der Waals surface area contributed by atoms with Crippen LogP contribution in [0.5, 0.6) is 0 Å². The van der Waals surface area contributed by atoms with E-state index in [-0.39, 0.29) is 0 Å². The average Bonchev–Trinajstić information content (AvgIpc) is 2.39. The molecule has 0 bridgehead atoms. The lowest BCUT2D eigenvalue weighted by atomic mass is 10.1. The second-order valence-corrected chi connectivity index (χ2v) is 4.24. The first-order valence-electron chi connectivity index (χ1n) is 5.82. The van der Waals surface area contributed by atoms with Crippen LogP contribution in [0.2, 0.25) is 0 Å². The van der Waals surface area contributed by atoms with Gasteiger partial charge in [-0.25, -0.2) is 0 Å². The molecule has 1 aromatic rings. The molecule has 1 aliphatic carbocycles. The van der Waals surface area contributed by atoms with Gasteiger partial charge >= 0.3 is 0 Å². The molecular formula is C15H18O. The molecular weight excluding hydrogens is 196 g/mol. The van der Waals surface area contributed by atoms with Crippen LogP contribution in [0.3, 0.4) is 0 Å². The zero-order chi connectivity index (χ0) is 11.4. The lowest BCUT2D eigenvalue weighted by Gasteiger charge is -2.03. The van der Waals surface area contributed by atoms with Crippen molar-refractivity contribution in [1.29, 1.82) is 0 Å². The van der Waals surface area contributed by atoms with Gasteiger partial charge in [-0.3, -0.25) is 0 Å². The second-order valence-electron chi connectivity index (χ2n) is 4.24. The van der Waals surface area contributed by atoms with Crippen molar-refractivity contribution in [3.8, 4) is 0 Å². The summed E-state index contributed by atoms with van der Waals surface area (Å²) in [5.41, 5.74) is 1.39. The van der Waals surface area contributed by atoms with Crippen LogP contribution in [-0.2, 0) is 4.74 Å². The minimum absolute atomic E-state index is 0.978. The van der Waals surface area contributed by atoms with Crippen molar-refractivity contribution in [2.24, 2.45) is 0 Å². The van der Waals surface area contributed by atoms with Crippen LogP contribution < -0.4 is 10.4 Å². The van der Waals surface area contributed by atoms with E-state index in [9.17, 15) is 0 Å². The molecule has 0 radical (unpaired) electrons. The smallest absolute Gasteiger partial charge is 0.126 e. The lowest BCUT2D eigenvalue weighted by Crippen LogP contribution is -2.26. The summed E-state index contributed by atoms with van der Waals surface area (Å²) in [7, 11) is 1.74. The number of hydrogen-bond donors (Lipinski definition) is 0. The van der Waals surface area contributed by atoms with Gasteiger partial charge in [0.25, 0.3) is 0 Å². The van der Waals surface area contributed by atoms with E-state index in [1.807, 2.05) is 0 Å². The summed E-state index contributed by atoms with van der Waals surface area (Å²) in [5.74, 6) is 0.978. The van der Waals surface area contributed by atoms with Crippen LogP contribution in [0.15, 0.2) is 35.9 Å². The zero-order valence-electron chi connectivity index (χ0n) is 9.99. The van der Waals surface area contributed by atoms with Crippen molar-refractivity contribution >= 4 is 11.8 Å². The van der Waals surface area contributed by atoms with Gasteiger partial charge in [0.1, 0.15) is 5.76 Å². The molecule has 0 atom stereocenters. The molecule has 1 nitrogen and oxygen atoms in total. The fraction of sp³-hybridized carbons (Fsp3) is 0.333. The van der Waals surface area contributed by atoms with E-state index in [2.05, 4.69) is 43.3 Å². The maximum Gasteiger partial charge on any atom is 0.126 e. The molecule has 0 heterocycles. The fourth-order valence-electron chi connectivity index (χ4n) is 2.08. The number of ether oxygens (including phenoxy) is 1. The molecule has 0 saturated heterocycles. The number of allylic oxidation sites excluding steroid dienone is 1. The summed E-state index contributed by atoms with van der Waals surface area (Å²) in [6.07, 6.45) is 7.98. The third-order valence-electron chi connectivity index (χ3n) is 2.96. The molecule has 0 aromatic heterocycles. The van der Waals surface area contributed by atoms with E-state index in [0.29, 0.717) is 0 Å². The van der Waals surface area contributed by atoms with Gasteiger partial charge in [0.15, 0.2) is 0 Å². The van der Waals surface area contributed by atoms with Crippen LogP contribution in [0, 0.1) is 0 Å². The number of fused-ring (bicyclic) bond motifs is 1. The molecule has 1 aromatic carbocycles. The Bertz CT molecular complexity index is 508. The van der Waals surface area contributed by atoms with E-state index in [1.165, 1.54) is 22.4 Å². The fourth-order valence-corrected chi connectivity index (χ4v) is 2.08. The van der Waals surface area contributed by atoms with Gasteiger partial charge in [-0.1, -0.05) is 35.9 Å². The lowest BCUT2D eigenvalue weighted by molar-refractivity contribution is 0.369. The monoisotopic (exact) mass is 214 g/mol. The van der Waals surface area contributed by atoms with Gasteiger partial charge in [0.2, 0.25) is 0 Å². The van der Waals surface area contributed by atoms with Crippen LogP contribution in [0.4, 0.5) is 0 Å². The van der Waals surface area contributed by atoms with Crippen molar-refractivity contribution in [3.05, 3.63) is 46.4 Å². The first kappa shape index (κ1) is 11.0. The highest BCUT2D eigenvalue weighted by Gasteiger charge is 2.00. The molecule has 0 unspecified atom stereocenters. The van der Waals surface area contributed by atoms with E-state index in [0.717, 1.165) is 18.6 Å². The molecule has 16 heavy (non-hydrogen) atoms. The molecule has 0 aliphatic heterocycles. The first-order valence-corrected chi connectivity index (χ1v) is 5.82. The zero-order valence-corrected chi connectivity index (χ0v) is 9.99. The normalized spacial score (nSPS) is 24.9. The van der Waals surface area contributed by atoms with Crippen molar-refractivity contribution in [3.63, 3.8) is 0 Å². The van der Waals surface area contributed by atoms with Crippen molar-refractivity contribution in [1.82, 2.24) is 0 Å². The number of methoxy groups -OCH3 is 1. The van der Waals surface area contributed by atoms with Gasteiger partial charge in [-0.05, 0) is 37.5 Å². The number of hydrogen-bond acceptors (Lipinski definition) is 1. The van der Waals surface area contributed by atoms with E-state index < -0.39 is 0 Å². The van der Waals surface area contributed by atoms with Gasteiger partial charge in [0.05, 0.1) is 7.11 Å². The predicted octanol–water partition coefficient (Wildman–Crippen LogP) is 2.35. The van der Waals surface area contributed by atoms with E-state index >= 15 is 0 Å². The standard InChI is InChI=1S/C15H18O/c1-12-7-3-4-8-13-9-5-6-10-14(13)15(11-12)16-2/h5-6,8-11H,3-4,7H2,1-2H3/b12-11-,13-8-,15-14+. The summed E-state index contributed by atoms with van der Waals surface area (Å²) in [4.78, 5) is 0. The Morgan fingerprint density at radius 2 is 2.00 bits per heavy atom. The topological polar surface area (TPSA) is 9.23 Å². The quantitative estimate of drug-likeness (QED) is 0.697. The van der Waals surface area contributed by atoms with Crippen molar-refractivity contribution in [2.75, 3.05) is 7.11 Å². The highest BCUT2D eigenvalue weighted by molar-refractivity contribution is 5.52. The number of benzene rings is 1. The van der Waals surface area contributed by atoms with E-state index in [4.69, 9.17) is 4.74 Å². The SMILES string of the molecule is COC1=c2\cccc\c2=C\CCC/C(C)=C\1. The van der Waals surface area contributed by atoms with Crippen LogP contribution >= 0.6 is 0 Å². The molecule has 0 spiro atoms. The molecule has 0 N–H and O–H groups in total. The summed E-state index contributed by atoms with van der Waals surface area (Å²) < 4.78 is 5.50. The van der Waals surface area contributed by atoms with Crippen LogP contribution in [0.25, 0.3) is 11.8 Å². The highest BCUT2D eigenvalue weighted by atomic mass is 16.5. The Kier molecular flexibility index (Phi) is 3.45. The van der Waals surface area contributed by atoms with Crippen LogP contribution in [-0.4, -0.2) is 7.11 Å².